The second-order valence-corrected chi connectivity index (χ2v) is 4.33. The van der Waals surface area contributed by atoms with Crippen molar-refractivity contribution in [3.63, 3.8) is 0 Å². The Morgan fingerprint density at radius 3 is 2.20 bits per heavy atom. The van der Waals surface area contributed by atoms with Gasteiger partial charge in [-0.1, -0.05) is 18.2 Å². The van der Waals surface area contributed by atoms with Crippen molar-refractivity contribution in [3.8, 4) is 0 Å². The summed E-state index contributed by atoms with van der Waals surface area (Å²) in [4.78, 5) is 14.9. The van der Waals surface area contributed by atoms with Crippen molar-refractivity contribution >= 4 is 17.4 Å². The summed E-state index contributed by atoms with van der Waals surface area (Å²) < 4.78 is 39.0. The molecule has 0 saturated carbocycles. The Kier molecular flexibility index (Phi) is 4.22. The van der Waals surface area contributed by atoms with Crippen LogP contribution in [0.25, 0.3) is 5.57 Å². The summed E-state index contributed by atoms with van der Waals surface area (Å²) in [5.41, 5.74) is 9.50. The third-order valence-corrected chi connectivity index (χ3v) is 2.59. The van der Waals surface area contributed by atoms with E-state index >= 15 is 0 Å². The summed E-state index contributed by atoms with van der Waals surface area (Å²) in [7, 11) is 0. The van der Waals surface area contributed by atoms with Crippen LogP contribution in [0.1, 0.15) is 34.0 Å². The molecule has 1 aromatic rings. The van der Waals surface area contributed by atoms with Gasteiger partial charge in [-0.25, -0.2) is 0 Å². The lowest BCUT2D eigenvalue weighted by Gasteiger charge is -2.15. The van der Waals surface area contributed by atoms with Crippen LogP contribution in [0.4, 0.5) is 13.2 Å². The topological polar surface area (TPSA) is 81.5 Å². The van der Waals surface area contributed by atoms with Gasteiger partial charge in [-0.2, -0.15) is 18.2 Å². The first-order chi connectivity index (χ1) is 9.04. The van der Waals surface area contributed by atoms with Crippen LogP contribution < -0.4 is 11.5 Å². The van der Waals surface area contributed by atoms with E-state index in [1.54, 1.807) is 0 Å². The van der Waals surface area contributed by atoms with Gasteiger partial charge >= 0.3 is 6.18 Å². The van der Waals surface area contributed by atoms with Crippen LogP contribution in [0.5, 0.6) is 0 Å². The molecule has 0 unspecified atom stereocenters. The number of carbonyl (C=O) groups is 1. The number of aryl methyl sites for hydroxylation is 1. The Morgan fingerprint density at radius 2 is 1.80 bits per heavy atom. The number of hydrogen-bond acceptors (Lipinski definition) is 1. The minimum Gasteiger partial charge on any atom is -0.370 e. The maximum atomic E-state index is 13.0. The molecule has 0 spiro atoms. The van der Waals surface area contributed by atoms with Gasteiger partial charge in [0.25, 0.3) is 5.91 Å². The first kappa shape index (κ1) is 15.7. The third-order valence-electron chi connectivity index (χ3n) is 2.59. The van der Waals surface area contributed by atoms with Crippen LogP contribution in [0.2, 0.25) is 0 Å². The number of alkyl halides is 3. The molecule has 1 rings (SSSR count). The molecular formula is C13H14F3N3O. The van der Waals surface area contributed by atoms with Gasteiger partial charge in [0.1, 0.15) is 0 Å². The number of guanidine groups is 1. The molecule has 0 radical (unpaired) electrons. The monoisotopic (exact) mass is 285 g/mol. The Balaban J connectivity index is 3.55. The predicted molar refractivity (Wildman–Crippen MR) is 71.0 cm³/mol. The van der Waals surface area contributed by atoms with Crippen molar-refractivity contribution in [1.29, 1.82) is 0 Å². The predicted octanol–water partition coefficient (Wildman–Crippen LogP) is 2.46. The van der Waals surface area contributed by atoms with Gasteiger partial charge in [0.15, 0.2) is 5.96 Å². The summed E-state index contributed by atoms with van der Waals surface area (Å²) in [6.45, 7) is 6.47. The maximum Gasteiger partial charge on any atom is 0.417 e. The van der Waals surface area contributed by atoms with E-state index in [2.05, 4.69) is 11.6 Å². The molecule has 0 aliphatic rings. The van der Waals surface area contributed by atoms with Crippen molar-refractivity contribution in [2.75, 3.05) is 0 Å². The van der Waals surface area contributed by atoms with Gasteiger partial charge in [0.2, 0.25) is 0 Å². The summed E-state index contributed by atoms with van der Waals surface area (Å²) in [5, 5.41) is 0. The molecule has 0 bridgehead atoms. The number of halogens is 3. The quantitative estimate of drug-likeness (QED) is 0.647. The Morgan fingerprint density at radius 1 is 1.25 bits per heavy atom. The summed E-state index contributed by atoms with van der Waals surface area (Å²) in [6.07, 6.45) is -4.60. The molecule has 1 aromatic carbocycles. The number of carbonyl (C=O) groups excluding carboxylic acids is 1. The number of allylic oxidation sites excluding steroid dienone is 1. The SMILES string of the molecule is C=C(C)c1cc(C)c(C(=O)N=C(N)N)cc1C(F)(F)F. The van der Waals surface area contributed by atoms with Crippen LogP contribution in [-0.2, 0) is 6.18 Å². The van der Waals surface area contributed by atoms with Crippen LogP contribution in [0.3, 0.4) is 0 Å². The first-order valence-electron chi connectivity index (χ1n) is 5.55. The second-order valence-electron chi connectivity index (χ2n) is 4.33. The van der Waals surface area contributed by atoms with E-state index in [9.17, 15) is 18.0 Å². The van der Waals surface area contributed by atoms with E-state index in [-0.39, 0.29) is 16.7 Å². The third kappa shape index (κ3) is 3.37. The van der Waals surface area contributed by atoms with E-state index in [4.69, 9.17) is 11.5 Å². The minimum absolute atomic E-state index is 0.0590. The Hall–Kier alpha value is -2.31. The van der Waals surface area contributed by atoms with Crippen molar-refractivity contribution in [2.45, 2.75) is 20.0 Å². The lowest BCUT2D eigenvalue weighted by atomic mass is 9.95. The molecule has 4 N–H and O–H groups in total. The first-order valence-corrected chi connectivity index (χ1v) is 5.55. The van der Waals surface area contributed by atoms with Crippen molar-refractivity contribution in [3.05, 3.63) is 41.0 Å². The molecule has 0 heterocycles. The minimum atomic E-state index is -4.60. The fourth-order valence-corrected chi connectivity index (χ4v) is 1.70. The Labute approximate surface area is 114 Å². The van der Waals surface area contributed by atoms with Crippen LogP contribution in [0, 0.1) is 6.92 Å². The molecular weight excluding hydrogens is 271 g/mol. The molecule has 0 atom stereocenters. The largest absolute Gasteiger partial charge is 0.417 e. The zero-order valence-corrected chi connectivity index (χ0v) is 11.0. The van der Waals surface area contributed by atoms with Crippen molar-refractivity contribution in [2.24, 2.45) is 16.5 Å². The molecule has 4 nitrogen and oxygen atoms in total. The molecule has 0 aliphatic heterocycles. The van der Waals surface area contributed by atoms with Gasteiger partial charge in [-0.15, -0.1) is 0 Å². The molecule has 0 aromatic heterocycles. The number of hydrogen-bond donors (Lipinski definition) is 2. The van der Waals surface area contributed by atoms with Gasteiger partial charge in [-0.3, -0.25) is 4.79 Å². The number of rotatable bonds is 2. The fourth-order valence-electron chi connectivity index (χ4n) is 1.70. The fraction of sp³-hybridized carbons (Fsp3) is 0.231. The highest BCUT2D eigenvalue weighted by molar-refractivity contribution is 6.03. The number of nitrogens with zero attached hydrogens (tertiary/aromatic N) is 1. The van der Waals surface area contributed by atoms with Gasteiger partial charge < -0.3 is 11.5 Å². The van der Waals surface area contributed by atoms with Gasteiger partial charge in [0, 0.05) is 5.56 Å². The summed E-state index contributed by atoms with van der Waals surface area (Å²) in [5.74, 6) is -1.42. The van der Waals surface area contributed by atoms with E-state index in [1.165, 1.54) is 19.9 Å². The highest BCUT2D eigenvalue weighted by Gasteiger charge is 2.34. The molecule has 7 heteroatoms. The van der Waals surface area contributed by atoms with E-state index in [0.717, 1.165) is 6.07 Å². The van der Waals surface area contributed by atoms with Gasteiger partial charge in [0.05, 0.1) is 5.56 Å². The van der Waals surface area contributed by atoms with Crippen LogP contribution in [-0.4, -0.2) is 11.9 Å². The summed E-state index contributed by atoms with van der Waals surface area (Å²) in [6, 6.07) is 1.99. The van der Waals surface area contributed by atoms with Crippen molar-refractivity contribution in [1.82, 2.24) is 0 Å². The zero-order chi connectivity index (χ0) is 15.7. The smallest absolute Gasteiger partial charge is 0.370 e. The molecule has 0 fully saturated rings. The van der Waals surface area contributed by atoms with Crippen molar-refractivity contribution < 1.29 is 18.0 Å². The summed E-state index contributed by atoms with van der Waals surface area (Å²) >= 11 is 0. The maximum absolute atomic E-state index is 13.0. The second kappa shape index (κ2) is 5.36. The van der Waals surface area contributed by atoms with Crippen LogP contribution >= 0.6 is 0 Å². The molecule has 20 heavy (non-hydrogen) atoms. The highest BCUT2D eigenvalue weighted by Crippen LogP contribution is 2.36. The van der Waals surface area contributed by atoms with E-state index in [0.29, 0.717) is 5.56 Å². The average Bonchev–Trinajstić information content (AvgIpc) is 2.25. The molecule has 0 aliphatic carbocycles. The Bertz CT molecular complexity index is 600. The van der Waals surface area contributed by atoms with Gasteiger partial charge in [-0.05, 0) is 31.0 Å². The molecule has 108 valence electrons. The molecule has 0 saturated heterocycles. The highest BCUT2D eigenvalue weighted by atomic mass is 19.4. The lowest BCUT2D eigenvalue weighted by Crippen LogP contribution is -2.24. The van der Waals surface area contributed by atoms with E-state index < -0.39 is 23.6 Å². The molecule has 1 amide bonds. The number of nitrogens with two attached hydrogens (primary N) is 2. The normalized spacial score (nSPS) is 11.1. The number of benzene rings is 1. The zero-order valence-electron chi connectivity index (χ0n) is 11.0. The number of amides is 1. The average molecular weight is 285 g/mol. The standard InChI is InChI=1S/C13H14F3N3O/c1-6(2)8-4-7(3)9(11(20)19-12(17)18)5-10(8)13(14,15)16/h4-5H,1H2,2-3H3,(H4,17,18,19,20). The number of aliphatic imine (C=N–C) groups is 1. The lowest BCUT2D eigenvalue weighted by molar-refractivity contribution is -0.137. The van der Waals surface area contributed by atoms with Crippen LogP contribution in [0.15, 0.2) is 23.7 Å². The van der Waals surface area contributed by atoms with E-state index in [1.807, 2.05) is 0 Å².